The van der Waals surface area contributed by atoms with E-state index in [1.165, 1.54) is 20.8 Å². The van der Waals surface area contributed by atoms with E-state index in [1.54, 1.807) is 60.7 Å². The third-order valence-corrected chi connectivity index (χ3v) is 8.83. The van der Waals surface area contributed by atoms with E-state index in [2.05, 4.69) is 0 Å². The number of esters is 3. The van der Waals surface area contributed by atoms with E-state index in [0.717, 1.165) is 0 Å². The number of carbonyl (C=O) groups is 3. The van der Waals surface area contributed by atoms with Gasteiger partial charge in [0.2, 0.25) is 0 Å². The molecule has 9 nitrogen and oxygen atoms in total. The molecule has 0 saturated carbocycles. The number of benzene rings is 2. The maximum Gasteiger partial charge on any atom is 0.303 e. The molecule has 1 fully saturated rings. The van der Waals surface area contributed by atoms with Gasteiger partial charge in [-0.15, -0.1) is 0 Å². The Balaban J connectivity index is 2.02. The van der Waals surface area contributed by atoms with E-state index in [9.17, 15) is 18.9 Å². The summed E-state index contributed by atoms with van der Waals surface area (Å²) in [6.45, 7) is 3.35. The van der Waals surface area contributed by atoms with Crippen molar-refractivity contribution in [2.45, 2.75) is 49.3 Å². The zero-order valence-electron chi connectivity index (χ0n) is 19.4. The molecular weight excluding hydrogens is 590 g/mol. The number of carbonyl (C=O) groups excluding carboxylic acids is 3. The number of alkyl halides is 1. The van der Waals surface area contributed by atoms with Crippen molar-refractivity contribution in [1.29, 1.82) is 0 Å². The number of hydrogen-bond donors (Lipinski definition) is 0. The van der Waals surface area contributed by atoms with E-state index in [1.807, 2.05) is 22.6 Å². The van der Waals surface area contributed by atoms with Crippen LogP contribution in [-0.2, 0) is 42.4 Å². The first kappa shape index (κ1) is 27.3. The molecule has 0 amide bonds. The minimum atomic E-state index is -3.69. The van der Waals surface area contributed by atoms with Gasteiger partial charge in [-0.2, -0.15) is 0 Å². The molecule has 0 N–H and O–H groups in total. The molecular formula is C24H26IO9P. The van der Waals surface area contributed by atoms with Gasteiger partial charge in [0.15, 0.2) is 18.5 Å². The Hall–Kier alpha value is -2.27. The van der Waals surface area contributed by atoms with Crippen LogP contribution in [0.15, 0.2) is 60.7 Å². The first-order valence-electron chi connectivity index (χ1n) is 10.8. The predicted molar refractivity (Wildman–Crippen MR) is 135 cm³/mol. The second kappa shape index (κ2) is 12.1. The lowest BCUT2D eigenvalue weighted by molar-refractivity contribution is -0.239. The van der Waals surface area contributed by atoms with Gasteiger partial charge in [-0.25, -0.2) is 0 Å². The van der Waals surface area contributed by atoms with Crippen LogP contribution in [0.5, 0.6) is 0 Å². The van der Waals surface area contributed by atoms with Gasteiger partial charge < -0.3 is 18.9 Å². The average Bonchev–Trinajstić information content (AvgIpc) is 2.82. The molecule has 0 radical (unpaired) electrons. The van der Waals surface area contributed by atoms with Crippen LogP contribution < -0.4 is 10.6 Å². The van der Waals surface area contributed by atoms with Crippen LogP contribution in [0.2, 0.25) is 0 Å². The normalized spacial score (nSPS) is 24.3. The standard InChI is InChI=1S/C24H26IO9P/c1-15(26)30-14-20-22(31-16(2)27)23(32-17(3)28)21(25)24(33-20)34-35(29,18-10-6-4-7-11-18)19-12-8-5-9-13-19/h4-13,20-24H,14H2,1-3H3/t20-,21+,22+,23-,24-/m1/s1. The smallest absolute Gasteiger partial charge is 0.303 e. The third kappa shape index (κ3) is 6.91. The van der Waals surface area contributed by atoms with Crippen molar-refractivity contribution in [1.82, 2.24) is 0 Å². The first-order valence-corrected chi connectivity index (χ1v) is 13.7. The van der Waals surface area contributed by atoms with Crippen LogP contribution in [-0.4, -0.2) is 53.0 Å². The Morgan fingerprint density at radius 3 is 1.77 bits per heavy atom. The molecule has 1 aliphatic rings. The van der Waals surface area contributed by atoms with Crippen molar-refractivity contribution in [2.24, 2.45) is 0 Å². The molecule has 0 aromatic heterocycles. The summed E-state index contributed by atoms with van der Waals surface area (Å²) in [6.07, 6.45) is -4.30. The average molecular weight is 616 g/mol. The highest BCUT2D eigenvalue weighted by Gasteiger charge is 2.51. The van der Waals surface area contributed by atoms with E-state index in [0.29, 0.717) is 10.6 Å². The van der Waals surface area contributed by atoms with Crippen LogP contribution in [0.25, 0.3) is 0 Å². The topological polar surface area (TPSA) is 114 Å². The van der Waals surface area contributed by atoms with Gasteiger partial charge >= 0.3 is 17.9 Å². The maximum atomic E-state index is 14.4. The summed E-state index contributed by atoms with van der Waals surface area (Å²) in [5.41, 5.74) is 0. The Kier molecular flexibility index (Phi) is 9.46. The fraction of sp³-hybridized carbons (Fsp3) is 0.375. The van der Waals surface area contributed by atoms with Crippen molar-refractivity contribution in [3.05, 3.63) is 60.7 Å². The van der Waals surface area contributed by atoms with Crippen molar-refractivity contribution < 1.29 is 42.4 Å². The molecule has 3 rings (SSSR count). The predicted octanol–water partition coefficient (Wildman–Crippen LogP) is 2.89. The number of ether oxygens (including phenoxy) is 4. The molecule has 0 bridgehead atoms. The van der Waals surface area contributed by atoms with E-state index >= 15 is 0 Å². The summed E-state index contributed by atoms with van der Waals surface area (Å²) < 4.78 is 42.0. The molecule has 2 aromatic rings. The first-order chi connectivity index (χ1) is 16.6. The summed E-state index contributed by atoms with van der Waals surface area (Å²) >= 11 is 1.96. The van der Waals surface area contributed by atoms with Gasteiger partial charge in [0.25, 0.3) is 7.37 Å². The second-order valence-corrected chi connectivity index (χ2v) is 11.6. The van der Waals surface area contributed by atoms with E-state index < -0.39 is 53.8 Å². The fourth-order valence-corrected chi connectivity index (χ4v) is 6.86. The highest BCUT2D eigenvalue weighted by atomic mass is 127. The van der Waals surface area contributed by atoms with Crippen LogP contribution in [0.1, 0.15) is 20.8 Å². The fourth-order valence-electron chi connectivity index (χ4n) is 3.61. The van der Waals surface area contributed by atoms with Crippen molar-refractivity contribution in [3.63, 3.8) is 0 Å². The van der Waals surface area contributed by atoms with Gasteiger partial charge in [0.05, 0.1) is 0 Å². The second-order valence-electron chi connectivity index (χ2n) is 7.77. The lowest BCUT2D eigenvalue weighted by atomic mass is 10.0. The highest BCUT2D eigenvalue weighted by Crippen LogP contribution is 2.49. The third-order valence-electron chi connectivity index (χ3n) is 5.07. The molecule has 35 heavy (non-hydrogen) atoms. The van der Waals surface area contributed by atoms with Crippen molar-refractivity contribution >= 4 is 58.5 Å². The molecule has 0 unspecified atom stereocenters. The summed E-state index contributed by atoms with van der Waals surface area (Å²) in [6, 6.07) is 17.4. The molecule has 1 heterocycles. The van der Waals surface area contributed by atoms with Gasteiger partial charge in [0, 0.05) is 31.4 Å². The molecule has 1 aliphatic heterocycles. The monoisotopic (exact) mass is 616 g/mol. The number of hydrogen-bond acceptors (Lipinski definition) is 9. The molecule has 11 heteroatoms. The van der Waals surface area contributed by atoms with Gasteiger partial charge in [-0.3, -0.25) is 23.5 Å². The minimum absolute atomic E-state index is 0.296. The molecule has 2 aromatic carbocycles. The lowest BCUT2D eigenvalue weighted by Gasteiger charge is -2.43. The molecule has 0 spiro atoms. The van der Waals surface area contributed by atoms with Crippen LogP contribution in [0.3, 0.4) is 0 Å². The Morgan fingerprint density at radius 2 is 1.31 bits per heavy atom. The Labute approximate surface area is 217 Å². The number of halogens is 1. The maximum absolute atomic E-state index is 14.4. The number of rotatable bonds is 8. The molecule has 188 valence electrons. The van der Waals surface area contributed by atoms with E-state index in [-0.39, 0.29) is 6.61 Å². The van der Waals surface area contributed by atoms with Crippen LogP contribution in [0, 0.1) is 0 Å². The Morgan fingerprint density at radius 1 is 0.829 bits per heavy atom. The SMILES string of the molecule is CC(=O)OC[C@H]1O[C@H](OP(=O)(c2ccccc2)c2ccccc2)[C@@H](I)[C@@H](OC(C)=O)[C@H]1OC(C)=O. The van der Waals surface area contributed by atoms with Crippen LogP contribution in [0.4, 0.5) is 0 Å². The summed E-state index contributed by atoms with van der Waals surface area (Å²) in [4.78, 5) is 35.2. The molecule has 0 aliphatic carbocycles. The molecule has 1 saturated heterocycles. The largest absolute Gasteiger partial charge is 0.463 e. The van der Waals surface area contributed by atoms with E-state index in [4.69, 9.17) is 23.5 Å². The van der Waals surface area contributed by atoms with Gasteiger partial charge in [-0.1, -0.05) is 59.0 Å². The summed E-state index contributed by atoms with van der Waals surface area (Å²) in [7, 11) is -3.69. The van der Waals surface area contributed by atoms with Gasteiger partial charge in [-0.05, 0) is 24.3 Å². The zero-order valence-corrected chi connectivity index (χ0v) is 22.4. The summed E-state index contributed by atoms with van der Waals surface area (Å²) in [5.74, 6) is -1.83. The highest BCUT2D eigenvalue weighted by molar-refractivity contribution is 14.1. The quantitative estimate of drug-likeness (QED) is 0.145. The lowest BCUT2D eigenvalue weighted by Crippen LogP contribution is -2.60. The van der Waals surface area contributed by atoms with Gasteiger partial charge in [0.1, 0.15) is 16.6 Å². The summed E-state index contributed by atoms with van der Waals surface area (Å²) in [5, 5.41) is 0.891. The minimum Gasteiger partial charge on any atom is -0.463 e. The zero-order chi connectivity index (χ0) is 25.6. The van der Waals surface area contributed by atoms with Crippen molar-refractivity contribution in [2.75, 3.05) is 6.61 Å². The Bertz CT molecular complexity index is 1040. The molecule has 5 atom stereocenters. The van der Waals surface area contributed by atoms with Crippen molar-refractivity contribution in [3.8, 4) is 0 Å². The van der Waals surface area contributed by atoms with Crippen LogP contribution >= 0.6 is 30.0 Å².